The third-order valence-electron chi connectivity index (χ3n) is 2.71. The second-order valence-electron chi connectivity index (χ2n) is 4.07. The molecule has 2 rings (SSSR count). The molecule has 0 spiro atoms. The highest BCUT2D eigenvalue weighted by atomic mass is 35.5. The van der Waals surface area contributed by atoms with E-state index in [0.29, 0.717) is 17.3 Å². The van der Waals surface area contributed by atoms with Gasteiger partial charge in [-0.05, 0) is 43.4 Å². The number of rotatable bonds is 4. The van der Waals surface area contributed by atoms with Crippen molar-refractivity contribution < 1.29 is 4.39 Å². The van der Waals surface area contributed by atoms with Crippen LogP contribution in [0, 0.1) is 5.82 Å². The molecule has 7 heteroatoms. The molecular weight excluding hydrogens is 299 g/mol. The van der Waals surface area contributed by atoms with Crippen molar-refractivity contribution in [3.8, 4) is 0 Å². The molecule has 0 unspecified atom stereocenters. The second kappa shape index (κ2) is 6.67. The van der Waals surface area contributed by atoms with Crippen LogP contribution in [0.1, 0.15) is 12.6 Å². The van der Waals surface area contributed by atoms with Gasteiger partial charge in [0.2, 0.25) is 0 Å². The van der Waals surface area contributed by atoms with E-state index in [1.807, 2.05) is 17.7 Å². The standard InChI is InChI=1S/C13H14ClFN4S/c1-2-19-10(5-6-17-19)8-16-13(20)18-9-3-4-12(15)11(14)7-9/h3-7H,2,8H2,1H3,(H2,16,18,20). The lowest BCUT2D eigenvalue weighted by Crippen LogP contribution is -2.28. The number of aromatic nitrogens is 2. The van der Waals surface area contributed by atoms with Crippen LogP contribution in [-0.2, 0) is 13.1 Å². The summed E-state index contributed by atoms with van der Waals surface area (Å²) in [6, 6.07) is 6.28. The maximum absolute atomic E-state index is 13.0. The van der Waals surface area contributed by atoms with Crippen LogP contribution in [0.5, 0.6) is 0 Å². The minimum Gasteiger partial charge on any atom is -0.357 e. The van der Waals surface area contributed by atoms with Crippen LogP contribution < -0.4 is 10.6 Å². The summed E-state index contributed by atoms with van der Waals surface area (Å²) in [7, 11) is 0. The average Bonchev–Trinajstić information content (AvgIpc) is 2.88. The van der Waals surface area contributed by atoms with E-state index in [4.69, 9.17) is 23.8 Å². The SMILES string of the molecule is CCn1nccc1CNC(=S)Nc1ccc(F)c(Cl)c1. The molecule has 0 aliphatic rings. The van der Waals surface area contributed by atoms with E-state index in [1.165, 1.54) is 12.1 Å². The number of halogens is 2. The summed E-state index contributed by atoms with van der Waals surface area (Å²) in [5, 5.41) is 10.7. The molecule has 2 aromatic rings. The first-order chi connectivity index (χ1) is 9.60. The van der Waals surface area contributed by atoms with E-state index in [1.54, 1.807) is 12.3 Å². The van der Waals surface area contributed by atoms with Crippen LogP contribution in [0.15, 0.2) is 30.5 Å². The van der Waals surface area contributed by atoms with E-state index in [0.717, 1.165) is 12.2 Å². The lowest BCUT2D eigenvalue weighted by atomic mass is 10.3. The molecule has 1 heterocycles. The molecule has 0 fully saturated rings. The minimum absolute atomic E-state index is 0.0573. The largest absolute Gasteiger partial charge is 0.357 e. The zero-order valence-corrected chi connectivity index (χ0v) is 12.4. The lowest BCUT2D eigenvalue weighted by molar-refractivity contribution is 0.614. The fourth-order valence-electron chi connectivity index (χ4n) is 1.71. The maximum atomic E-state index is 13.0. The van der Waals surface area contributed by atoms with Crippen molar-refractivity contribution in [2.24, 2.45) is 0 Å². The van der Waals surface area contributed by atoms with Gasteiger partial charge in [-0.15, -0.1) is 0 Å². The van der Waals surface area contributed by atoms with Crippen molar-refractivity contribution >= 4 is 34.6 Å². The lowest BCUT2D eigenvalue weighted by Gasteiger charge is -2.11. The van der Waals surface area contributed by atoms with Gasteiger partial charge >= 0.3 is 0 Å². The van der Waals surface area contributed by atoms with Gasteiger partial charge in [-0.1, -0.05) is 11.6 Å². The number of benzene rings is 1. The zero-order valence-electron chi connectivity index (χ0n) is 10.9. The summed E-state index contributed by atoms with van der Waals surface area (Å²) in [6.07, 6.45) is 1.75. The summed E-state index contributed by atoms with van der Waals surface area (Å²) in [5.74, 6) is -0.456. The summed E-state index contributed by atoms with van der Waals surface area (Å²) < 4.78 is 14.9. The summed E-state index contributed by atoms with van der Waals surface area (Å²) >= 11 is 10.9. The summed E-state index contributed by atoms with van der Waals surface area (Å²) in [5.41, 5.74) is 1.67. The first kappa shape index (κ1) is 14.7. The van der Waals surface area contributed by atoms with Crippen LogP contribution in [0.2, 0.25) is 5.02 Å². The first-order valence-corrected chi connectivity index (χ1v) is 6.89. The summed E-state index contributed by atoms with van der Waals surface area (Å²) in [4.78, 5) is 0. The van der Waals surface area contributed by atoms with E-state index in [-0.39, 0.29) is 5.02 Å². The van der Waals surface area contributed by atoms with Crippen molar-refractivity contribution in [2.75, 3.05) is 5.32 Å². The zero-order chi connectivity index (χ0) is 14.5. The monoisotopic (exact) mass is 312 g/mol. The Morgan fingerprint density at radius 2 is 2.25 bits per heavy atom. The molecule has 0 radical (unpaired) electrons. The molecule has 2 N–H and O–H groups in total. The van der Waals surface area contributed by atoms with Crippen LogP contribution in [0.4, 0.5) is 10.1 Å². The molecule has 4 nitrogen and oxygen atoms in total. The molecule has 0 aliphatic heterocycles. The molecule has 0 atom stereocenters. The topological polar surface area (TPSA) is 41.9 Å². The maximum Gasteiger partial charge on any atom is 0.171 e. The molecule has 20 heavy (non-hydrogen) atoms. The molecule has 1 aromatic carbocycles. The molecular formula is C13H14ClFN4S. The Hall–Kier alpha value is -1.66. The molecule has 0 saturated carbocycles. The molecule has 1 aromatic heterocycles. The number of thiocarbonyl (C=S) groups is 1. The Morgan fingerprint density at radius 3 is 2.95 bits per heavy atom. The smallest absolute Gasteiger partial charge is 0.171 e. The number of nitrogens with one attached hydrogen (secondary N) is 2. The Morgan fingerprint density at radius 1 is 1.45 bits per heavy atom. The van der Waals surface area contributed by atoms with Crippen LogP contribution in [0.3, 0.4) is 0 Å². The van der Waals surface area contributed by atoms with Crippen molar-refractivity contribution in [2.45, 2.75) is 20.0 Å². The van der Waals surface area contributed by atoms with E-state index in [9.17, 15) is 4.39 Å². The number of aryl methyl sites for hydroxylation is 1. The molecule has 0 saturated heterocycles. The van der Waals surface area contributed by atoms with Crippen molar-refractivity contribution in [1.29, 1.82) is 0 Å². The molecule has 106 valence electrons. The van der Waals surface area contributed by atoms with Gasteiger partial charge in [0.1, 0.15) is 5.82 Å². The van der Waals surface area contributed by atoms with Gasteiger partial charge < -0.3 is 10.6 Å². The quantitative estimate of drug-likeness (QED) is 0.851. The molecule has 0 amide bonds. The van der Waals surface area contributed by atoms with E-state index in [2.05, 4.69) is 15.7 Å². The van der Waals surface area contributed by atoms with Gasteiger partial charge in [-0.3, -0.25) is 4.68 Å². The van der Waals surface area contributed by atoms with Gasteiger partial charge in [-0.2, -0.15) is 5.10 Å². The fraction of sp³-hybridized carbons (Fsp3) is 0.231. The van der Waals surface area contributed by atoms with Crippen molar-refractivity contribution in [1.82, 2.24) is 15.1 Å². The molecule has 0 aliphatic carbocycles. The number of hydrogen-bond acceptors (Lipinski definition) is 2. The van der Waals surface area contributed by atoms with E-state index < -0.39 is 5.82 Å². The van der Waals surface area contributed by atoms with Gasteiger partial charge in [0, 0.05) is 18.4 Å². The van der Waals surface area contributed by atoms with E-state index >= 15 is 0 Å². The second-order valence-corrected chi connectivity index (χ2v) is 4.89. The number of anilines is 1. The van der Waals surface area contributed by atoms with Gasteiger partial charge in [0.05, 0.1) is 17.3 Å². The number of nitrogens with zero attached hydrogens (tertiary/aromatic N) is 2. The van der Waals surface area contributed by atoms with Crippen molar-refractivity contribution in [3.05, 3.63) is 47.0 Å². The predicted molar refractivity (Wildman–Crippen MR) is 82.4 cm³/mol. The van der Waals surface area contributed by atoms with Gasteiger partial charge in [0.15, 0.2) is 5.11 Å². The van der Waals surface area contributed by atoms with Gasteiger partial charge in [0.25, 0.3) is 0 Å². The highest BCUT2D eigenvalue weighted by Gasteiger charge is 2.04. The minimum atomic E-state index is -0.456. The van der Waals surface area contributed by atoms with Crippen LogP contribution >= 0.6 is 23.8 Å². The Balaban J connectivity index is 1.91. The Labute approximate surface area is 126 Å². The van der Waals surface area contributed by atoms with Gasteiger partial charge in [-0.25, -0.2) is 4.39 Å². The van der Waals surface area contributed by atoms with Crippen LogP contribution in [-0.4, -0.2) is 14.9 Å². The third kappa shape index (κ3) is 3.68. The van der Waals surface area contributed by atoms with Crippen molar-refractivity contribution in [3.63, 3.8) is 0 Å². The summed E-state index contributed by atoms with van der Waals surface area (Å²) in [6.45, 7) is 3.39. The highest BCUT2D eigenvalue weighted by Crippen LogP contribution is 2.19. The van der Waals surface area contributed by atoms with Crippen LogP contribution in [0.25, 0.3) is 0 Å². The number of hydrogen-bond donors (Lipinski definition) is 2. The highest BCUT2D eigenvalue weighted by molar-refractivity contribution is 7.80. The Bertz CT molecular complexity index is 614. The first-order valence-electron chi connectivity index (χ1n) is 6.10. The Kier molecular flexibility index (Phi) is 4.92. The predicted octanol–water partition coefficient (Wildman–Crippen LogP) is 3.18. The normalized spacial score (nSPS) is 10.3. The molecule has 0 bridgehead atoms. The third-order valence-corrected chi connectivity index (χ3v) is 3.25. The average molecular weight is 313 g/mol. The fourth-order valence-corrected chi connectivity index (χ4v) is 2.09.